The zero-order valence-electron chi connectivity index (χ0n) is 15.5. The molecule has 28 heavy (non-hydrogen) atoms. The van der Waals surface area contributed by atoms with Crippen molar-refractivity contribution in [1.82, 2.24) is 0 Å². The van der Waals surface area contributed by atoms with Crippen molar-refractivity contribution < 1.29 is 19.1 Å². The van der Waals surface area contributed by atoms with Crippen molar-refractivity contribution in [1.29, 1.82) is 0 Å². The number of carbonyl (C=O) groups is 2. The van der Waals surface area contributed by atoms with Gasteiger partial charge >= 0.3 is 0 Å². The van der Waals surface area contributed by atoms with E-state index in [0.717, 1.165) is 0 Å². The van der Waals surface area contributed by atoms with Gasteiger partial charge in [-0.05, 0) is 36.2 Å². The number of benzene rings is 2. The standard InChI is InChI=1S/C20H20Cl2N2O4/c1-12(2)9-24-16-5-4-14(8-18(16)28-11-20(24)26)23-19(25)10-27-17-6-3-13(21)7-15(17)22/h3-8,12H,9-11H2,1-2H3,(H,23,25). The van der Waals surface area contributed by atoms with Gasteiger partial charge in [-0.1, -0.05) is 37.0 Å². The number of ether oxygens (including phenoxy) is 2. The van der Waals surface area contributed by atoms with E-state index < -0.39 is 0 Å². The largest absolute Gasteiger partial charge is 0.482 e. The highest BCUT2D eigenvalue weighted by Crippen LogP contribution is 2.35. The van der Waals surface area contributed by atoms with Crippen molar-refractivity contribution in [3.8, 4) is 11.5 Å². The third-order valence-corrected chi connectivity index (χ3v) is 4.52. The molecule has 0 bridgehead atoms. The van der Waals surface area contributed by atoms with Crippen LogP contribution in [0, 0.1) is 5.92 Å². The zero-order chi connectivity index (χ0) is 20.3. The maximum Gasteiger partial charge on any atom is 0.265 e. The summed E-state index contributed by atoms with van der Waals surface area (Å²) in [4.78, 5) is 26.0. The summed E-state index contributed by atoms with van der Waals surface area (Å²) in [5.41, 5.74) is 1.25. The van der Waals surface area contributed by atoms with E-state index in [2.05, 4.69) is 5.32 Å². The molecule has 1 N–H and O–H groups in total. The third kappa shape index (κ3) is 4.88. The summed E-state index contributed by atoms with van der Waals surface area (Å²) in [5, 5.41) is 3.56. The summed E-state index contributed by atoms with van der Waals surface area (Å²) in [7, 11) is 0. The number of fused-ring (bicyclic) bond motifs is 1. The van der Waals surface area contributed by atoms with E-state index in [0.29, 0.717) is 45.4 Å². The molecule has 3 rings (SSSR count). The molecular weight excluding hydrogens is 403 g/mol. The van der Waals surface area contributed by atoms with Crippen LogP contribution in [0.5, 0.6) is 11.5 Å². The van der Waals surface area contributed by atoms with E-state index in [-0.39, 0.29) is 25.0 Å². The summed E-state index contributed by atoms with van der Waals surface area (Å²) in [6.07, 6.45) is 0. The van der Waals surface area contributed by atoms with Crippen LogP contribution in [0.2, 0.25) is 10.0 Å². The second-order valence-corrected chi connectivity index (χ2v) is 7.62. The first-order chi connectivity index (χ1) is 13.3. The quantitative estimate of drug-likeness (QED) is 0.749. The van der Waals surface area contributed by atoms with E-state index >= 15 is 0 Å². The van der Waals surface area contributed by atoms with Crippen molar-refractivity contribution in [2.75, 3.05) is 30.0 Å². The smallest absolute Gasteiger partial charge is 0.265 e. The summed E-state index contributed by atoms with van der Waals surface area (Å²) < 4.78 is 10.9. The molecule has 2 aromatic rings. The molecule has 1 aliphatic heterocycles. The number of hydrogen-bond acceptors (Lipinski definition) is 4. The van der Waals surface area contributed by atoms with Crippen LogP contribution in [0.1, 0.15) is 13.8 Å². The molecule has 0 radical (unpaired) electrons. The van der Waals surface area contributed by atoms with Gasteiger partial charge in [0.2, 0.25) is 0 Å². The molecule has 1 heterocycles. The topological polar surface area (TPSA) is 67.9 Å². The number of rotatable bonds is 6. The molecule has 0 unspecified atom stereocenters. The number of halogens is 2. The predicted molar refractivity (Wildman–Crippen MR) is 110 cm³/mol. The van der Waals surface area contributed by atoms with Gasteiger partial charge < -0.3 is 19.7 Å². The third-order valence-electron chi connectivity index (χ3n) is 3.99. The second kappa shape index (κ2) is 8.71. The average Bonchev–Trinajstić information content (AvgIpc) is 2.63. The summed E-state index contributed by atoms with van der Waals surface area (Å²) in [5.74, 6) is 0.826. The fourth-order valence-corrected chi connectivity index (χ4v) is 3.24. The highest BCUT2D eigenvalue weighted by Gasteiger charge is 2.26. The zero-order valence-corrected chi connectivity index (χ0v) is 17.0. The van der Waals surface area contributed by atoms with Crippen LogP contribution < -0.4 is 19.7 Å². The number of nitrogens with one attached hydrogen (secondary N) is 1. The van der Waals surface area contributed by atoms with Crippen molar-refractivity contribution in [3.05, 3.63) is 46.4 Å². The Balaban J connectivity index is 1.65. The van der Waals surface area contributed by atoms with Crippen LogP contribution >= 0.6 is 23.2 Å². The van der Waals surface area contributed by atoms with Gasteiger partial charge in [0.1, 0.15) is 11.5 Å². The van der Waals surface area contributed by atoms with Crippen molar-refractivity contribution in [2.45, 2.75) is 13.8 Å². The minimum absolute atomic E-state index is 0.0186. The van der Waals surface area contributed by atoms with E-state index in [9.17, 15) is 9.59 Å². The van der Waals surface area contributed by atoms with Gasteiger partial charge in [-0.25, -0.2) is 0 Å². The Hall–Kier alpha value is -2.44. The fourth-order valence-electron chi connectivity index (χ4n) is 2.78. The first-order valence-corrected chi connectivity index (χ1v) is 9.54. The number of hydrogen-bond donors (Lipinski definition) is 1. The van der Waals surface area contributed by atoms with Crippen LogP contribution in [0.3, 0.4) is 0 Å². The average molecular weight is 423 g/mol. The van der Waals surface area contributed by atoms with Crippen LogP contribution in [0.4, 0.5) is 11.4 Å². The Morgan fingerprint density at radius 3 is 2.75 bits per heavy atom. The molecule has 8 heteroatoms. The van der Waals surface area contributed by atoms with Gasteiger partial charge in [0.05, 0.1) is 10.7 Å². The molecule has 0 spiro atoms. The first kappa shape index (κ1) is 20.3. The Morgan fingerprint density at radius 2 is 2.04 bits per heavy atom. The molecule has 6 nitrogen and oxygen atoms in total. The van der Waals surface area contributed by atoms with Gasteiger partial charge in [0.15, 0.2) is 13.2 Å². The lowest BCUT2D eigenvalue weighted by molar-refractivity contribution is -0.121. The predicted octanol–water partition coefficient (Wildman–Crippen LogP) is 4.39. The minimum Gasteiger partial charge on any atom is -0.482 e. The second-order valence-electron chi connectivity index (χ2n) is 6.78. The van der Waals surface area contributed by atoms with Crippen LogP contribution in [0.15, 0.2) is 36.4 Å². The molecule has 0 atom stereocenters. The van der Waals surface area contributed by atoms with E-state index in [4.69, 9.17) is 32.7 Å². The van der Waals surface area contributed by atoms with Crippen LogP contribution in [-0.4, -0.2) is 31.6 Å². The van der Waals surface area contributed by atoms with Crippen molar-refractivity contribution >= 4 is 46.4 Å². The minimum atomic E-state index is -0.350. The van der Waals surface area contributed by atoms with Crippen molar-refractivity contribution in [2.24, 2.45) is 5.92 Å². The van der Waals surface area contributed by atoms with E-state index in [1.165, 1.54) is 0 Å². The maximum absolute atomic E-state index is 12.2. The molecule has 0 saturated heterocycles. The van der Waals surface area contributed by atoms with Crippen molar-refractivity contribution in [3.63, 3.8) is 0 Å². The lowest BCUT2D eigenvalue weighted by atomic mass is 10.1. The normalized spacial score (nSPS) is 13.2. The first-order valence-electron chi connectivity index (χ1n) is 8.78. The lowest BCUT2D eigenvalue weighted by Crippen LogP contribution is -2.40. The van der Waals surface area contributed by atoms with Gasteiger partial charge in [-0.2, -0.15) is 0 Å². The molecule has 148 valence electrons. The SMILES string of the molecule is CC(C)CN1C(=O)COc2cc(NC(=O)COc3ccc(Cl)cc3Cl)ccc21. The molecule has 0 aliphatic carbocycles. The Morgan fingerprint density at radius 1 is 1.25 bits per heavy atom. The molecule has 2 amide bonds. The van der Waals surface area contributed by atoms with E-state index in [1.54, 1.807) is 41.3 Å². The number of nitrogens with zero attached hydrogens (tertiary/aromatic N) is 1. The molecule has 2 aromatic carbocycles. The Kier molecular flexibility index (Phi) is 6.31. The monoisotopic (exact) mass is 422 g/mol. The highest BCUT2D eigenvalue weighted by atomic mass is 35.5. The van der Waals surface area contributed by atoms with Crippen LogP contribution in [0.25, 0.3) is 0 Å². The van der Waals surface area contributed by atoms with Gasteiger partial charge in [-0.15, -0.1) is 0 Å². The van der Waals surface area contributed by atoms with E-state index in [1.807, 2.05) is 13.8 Å². The molecule has 0 fully saturated rings. The van der Waals surface area contributed by atoms with Gasteiger partial charge in [0.25, 0.3) is 11.8 Å². The number of amides is 2. The summed E-state index contributed by atoms with van der Waals surface area (Å²) >= 11 is 11.9. The molecule has 0 aromatic heterocycles. The summed E-state index contributed by atoms with van der Waals surface area (Å²) in [6, 6.07) is 9.96. The van der Waals surface area contributed by atoms with Gasteiger partial charge in [0, 0.05) is 23.3 Å². The lowest BCUT2D eigenvalue weighted by Gasteiger charge is -2.31. The maximum atomic E-state index is 12.2. The Labute approximate surface area is 173 Å². The number of anilines is 2. The highest BCUT2D eigenvalue weighted by molar-refractivity contribution is 6.35. The molecule has 0 saturated carbocycles. The molecular formula is C20H20Cl2N2O4. The number of carbonyl (C=O) groups excluding carboxylic acids is 2. The molecule has 1 aliphatic rings. The fraction of sp³-hybridized carbons (Fsp3) is 0.300. The Bertz CT molecular complexity index is 902. The van der Waals surface area contributed by atoms with Crippen LogP contribution in [-0.2, 0) is 9.59 Å². The summed E-state index contributed by atoms with van der Waals surface area (Å²) in [6.45, 7) is 4.47. The van der Waals surface area contributed by atoms with Gasteiger partial charge in [-0.3, -0.25) is 9.59 Å².